The van der Waals surface area contributed by atoms with Crippen LogP contribution in [0, 0.1) is 5.92 Å². The molecule has 0 aliphatic carbocycles. The molecule has 0 rings (SSSR count). The van der Waals surface area contributed by atoms with Crippen molar-refractivity contribution in [1.82, 2.24) is 0 Å². The lowest BCUT2D eigenvalue weighted by Gasteiger charge is -2.21. The van der Waals surface area contributed by atoms with Crippen LogP contribution in [0.5, 0.6) is 0 Å². The van der Waals surface area contributed by atoms with Gasteiger partial charge >= 0.3 is 39.5 Å². The second-order valence-corrected chi connectivity index (χ2v) is 32.5. The van der Waals surface area contributed by atoms with Crippen molar-refractivity contribution >= 4 is 39.5 Å². The third kappa shape index (κ3) is 74.3. The Morgan fingerprint density at radius 1 is 0.270 bits per heavy atom. The van der Waals surface area contributed by atoms with Gasteiger partial charge in [0.1, 0.15) is 19.3 Å². The van der Waals surface area contributed by atoms with Gasteiger partial charge in [0.2, 0.25) is 0 Å². The topological polar surface area (TPSA) is 237 Å². The third-order valence-electron chi connectivity index (χ3n) is 19.0. The number of esters is 4. The van der Waals surface area contributed by atoms with Gasteiger partial charge in [0, 0.05) is 25.7 Å². The van der Waals surface area contributed by atoms with Crippen LogP contribution in [0.1, 0.15) is 433 Å². The lowest BCUT2D eigenvalue weighted by molar-refractivity contribution is -0.161. The molecule has 0 saturated carbocycles. The Morgan fingerprint density at radius 2 is 0.460 bits per heavy atom. The number of aliphatic hydroxyl groups excluding tert-OH is 1. The smallest absolute Gasteiger partial charge is 0.462 e. The predicted molar refractivity (Wildman–Crippen MR) is 409 cm³/mol. The molecule has 5 atom stereocenters. The number of unbranched alkanes of at least 4 members (excludes halogenated alkanes) is 53. The normalized spacial score (nSPS) is 13.8. The highest BCUT2D eigenvalue weighted by atomic mass is 31.2. The van der Waals surface area contributed by atoms with E-state index in [0.717, 1.165) is 102 Å². The Labute approximate surface area is 613 Å². The first-order valence-corrected chi connectivity index (χ1v) is 45.1. The highest BCUT2D eigenvalue weighted by Crippen LogP contribution is 2.45. The predicted octanol–water partition coefficient (Wildman–Crippen LogP) is 24.4. The maximum Gasteiger partial charge on any atom is 0.472 e. The highest BCUT2D eigenvalue weighted by Gasteiger charge is 2.30. The monoisotopic (exact) mass is 1470 g/mol. The summed E-state index contributed by atoms with van der Waals surface area (Å²) in [7, 11) is -9.91. The van der Waals surface area contributed by atoms with Crippen LogP contribution in [0.2, 0.25) is 0 Å². The maximum atomic E-state index is 13.1. The van der Waals surface area contributed by atoms with Gasteiger partial charge in [-0.25, -0.2) is 9.13 Å². The number of carbonyl (C=O) groups is 4. The first kappa shape index (κ1) is 98.1. The van der Waals surface area contributed by atoms with Crippen LogP contribution < -0.4 is 0 Å². The number of phosphoric acid groups is 2. The zero-order valence-electron chi connectivity index (χ0n) is 65.3. The molecule has 0 heterocycles. The SMILES string of the molecule is CCCCCCCCCCCCCCCCCCCCCCC(=O)OC[C@H](COP(=O)(O)OC[C@@H](O)COP(=O)(O)OC[C@@H](COC(=O)CCCCCCCCCC)OC(=O)CCCCCCCCCCCCC)OC(=O)CCCCCCCCCCCCCCCCCCCCC(C)C. The van der Waals surface area contributed by atoms with Gasteiger partial charge in [-0.1, -0.05) is 381 Å². The largest absolute Gasteiger partial charge is 0.472 e. The van der Waals surface area contributed by atoms with E-state index in [1.54, 1.807) is 0 Å². The molecule has 2 unspecified atom stereocenters. The minimum Gasteiger partial charge on any atom is -0.462 e. The molecular formula is C81H158O17P2. The molecule has 19 heteroatoms. The fourth-order valence-electron chi connectivity index (χ4n) is 12.6. The first-order chi connectivity index (χ1) is 48.5. The van der Waals surface area contributed by atoms with Crippen molar-refractivity contribution in [3.05, 3.63) is 0 Å². The van der Waals surface area contributed by atoms with Crippen molar-refractivity contribution in [2.75, 3.05) is 39.6 Å². The molecule has 0 spiro atoms. The Morgan fingerprint density at radius 3 is 0.680 bits per heavy atom. The van der Waals surface area contributed by atoms with Crippen LogP contribution in [0.3, 0.4) is 0 Å². The number of hydrogen-bond donors (Lipinski definition) is 3. The van der Waals surface area contributed by atoms with Gasteiger partial charge in [-0.3, -0.25) is 37.3 Å². The van der Waals surface area contributed by atoms with Gasteiger partial charge in [-0.15, -0.1) is 0 Å². The van der Waals surface area contributed by atoms with Gasteiger partial charge < -0.3 is 33.8 Å². The molecule has 0 radical (unpaired) electrons. The van der Waals surface area contributed by atoms with Crippen LogP contribution in [-0.4, -0.2) is 96.7 Å². The molecule has 0 aliphatic heterocycles. The number of phosphoric ester groups is 2. The molecule has 0 aromatic heterocycles. The average molecular weight is 1470 g/mol. The highest BCUT2D eigenvalue weighted by molar-refractivity contribution is 7.47. The van der Waals surface area contributed by atoms with E-state index >= 15 is 0 Å². The summed E-state index contributed by atoms with van der Waals surface area (Å²) >= 11 is 0. The summed E-state index contributed by atoms with van der Waals surface area (Å²) < 4.78 is 68.6. The van der Waals surface area contributed by atoms with Crippen molar-refractivity contribution in [1.29, 1.82) is 0 Å². The van der Waals surface area contributed by atoms with Crippen LogP contribution in [-0.2, 0) is 65.4 Å². The molecule has 100 heavy (non-hydrogen) atoms. The summed E-state index contributed by atoms with van der Waals surface area (Å²) in [4.78, 5) is 72.8. The van der Waals surface area contributed by atoms with Crippen molar-refractivity contribution in [3.8, 4) is 0 Å². The molecular weight excluding hydrogens is 1310 g/mol. The lowest BCUT2D eigenvalue weighted by atomic mass is 10.0. The van der Waals surface area contributed by atoms with Gasteiger partial charge in [0.25, 0.3) is 0 Å². The molecule has 3 N–H and O–H groups in total. The summed E-state index contributed by atoms with van der Waals surface area (Å²) in [6.45, 7) is 7.33. The Kier molecular flexibility index (Phi) is 72.5. The zero-order valence-corrected chi connectivity index (χ0v) is 67.1. The van der Waals surface area contributed by atoms with Gasteiger partial charge in [0.15, 0.2) is 12.2 Å². The van der Waals surface area contributed by atoms with E-state index in [2.05, 4.69) is 34.6 Å². The minimum atomic E-state index is -4.96. The number of ether oxygens (including phenoxy) is 4. The Balaban J connectivity index is 5.16. The standard InChI is InChI=1S/C81H158O17P2/c1-6-9-12-15-18-21-23-24-25-26-27-28-32-35-38-42-45-50-55-60-65-79(84)92-71-77(98-81(86)67-62-57-52-47-43-39-36-33-30-29-31-34-37-41-44-48-53-58-63-74(4)5)73-96-100(89,90)94-69-75(82)68-93-99(87,88)95-72-76(70-91-78(83)64-59-54-49-20-17-14-11-8-3)97-80(85)66-61-56-51-46-40-22-19-16-13-10-7-2/h74-77,82H,6-73H2,1-5H3,(H,87,88)(H,89,90)/t75-,76+,77+/m0/s1. The number of aliphatic hydroxyl groups is 1. The van der Waals surface area contributed by atoms with E-state index < -0.39 is 97.5 Å². The second-order valence-electron chi connectivity index (χ2n) is 29.6. The second kappa shape index (κ2) is 73.9. The zero-order chi connectivity index (χ0) is 73.4. The van der Waals surface area contributed by atoms with Crippen molar-refractivity contribution in [2.24, 2.45) is 5.92 Å². The summed E-state index contributed by atoms with van der Waals surface area (Å²) in [6, 6.07) is 0. The minimum absolute atomic E-state index is 0.107. The van der Waals surface area contributed by atoms with Gasteiger partial charge in [-0.2, -0.15) is 0 Å². The Hall–Kier alpha value is -1.94. The molecule has 0 aromatic rings. The maximum absolute atomic E-state index is 13.1. The summed E-state index contributed by atoms with van der Waals surface area (Å²) in [5, 5.41) is 10.6. The number of carbonyl (C=O) groups excluding carboxylic acids is 4. The fraction of sp³-hybridized carbons (Fsp3) is 0.951. The first-order valence-electron chi connectivity index (χ1n) is 42.1. The van der Waals surface area contributed by atoms with Crippen LogP contribution in [0.4, 0.5) is 0 Å². The van der Waals surface area contributed by atoms with E-state index in [9.17, 15) is 43.2 Å². The molecule has 0 bridgehead atoms. The van der Waals surface area contributed by atoms with Crippen LogP contribution in [0.15, 0.2) is 0 Å². The lowest BCUT2D eigenvalue weighted by Crippen LogP contribution is -2.30. The summed E-state index contributed by atoms with van der Waals surface area (Å²) in [5.41, 5.74) is 0. The van der Waals surface area contributed by atoms with Crippen LogP contribution >= 0.6 is 15.6 Å². The van der Waals surface area contributed by atoms with E-state index in [1.807, 2.05) is 0 Å². The van der Waals surface area contributed by atoms with Gasteiger partial charge in [-0.05, 0) is 31.6 Å². The molecule has 0 saturated heterocycles. The van der Waals surface area contributed by atoms with Crippen molar-refractivity contribution in [2.45, 2.75) is 451 Å². The Bertz CT molecular complexity index is 1910. The molecule has 0 aliphatic rings. The number of rotatable bonds is 81. The number of hydrogen-bond acceptors (Lipinski definition) is 15. The molecule has 594 valence electrons. The average Bonchev–Trinajstić information content (AvgIpc) is 0.932. The van der Waals surface area contributed by atoms with Crippen LogP contribution in [0.25, 0.3) is 0 Å². The van der Waals surface area contributed by atoms with E-state index in [0.29, 0.717) is 25.7 Å². The van der Waals surface area contributed by atoms with Crippen molar-refractivity contribution in [3.63, 3.8) is 0 Å². The fourth-order valence-corrected chi connectivity index (χ4v) is 14.2. The van der Waals surface area contributed by atoms with E-state index in [-0.39, 0.29) is 25.7 Å². The molecule has 0 amide bonds. The summed E-state index contributed by atoms with van der Waals surface area (Å²) in [5.74, 6) is -1.29. The van der Waals surface area contributed by atoms with E-state index in [4.69, 9.17) is 37.0 Å². The molecule has 0 fully saturated rings. The molecule has 0 aromatic carbocycles. The van der Waals surface area contributed by atoms with E-state index in [1.165, 1.54) is 250 Å². The molecule has 17 nitrogen and oxygen atoms in total. The third-order valence-corrected chi connectivity index (χ3v) is 20.9. The van der Waals surface area contributed by atoms with Gasteiger partial charge in [0.05, 0.1) is 26.4 Å². The summed E-state index contributed by atoms with van der Waals surface area (Å²) in [6.07, 6.45) is 65.4. The quantitative estimate of drug-likeness (QED) is 0.0222. The van der Waals surface area contributed by atoms with Crippen molar-refractivity contribution < 1.29 is 80.2 Å².